The van der Waals surface area contributed by atoms with Gasteiger partial charge in [-0.2, -0.15) is 0 Å². The van der Waals surface area contributed by atoms with Crippen molar-refractivity contribution in [3.05, 3.63) is 59.4 Å². The molecule has 1 N–H and O–H groups in total. The lowest BCUT2D eigenvalue weighted by molar-refractivity contribution is -0.117. The van der Waals surface area contributed by atoms with Crippen molar-refractivity contribution in [2.75, 3.05) is 31.1 Å². The molecule has 2 aliphatic rings. The van der Waals surface area contributed by atoms with Crippen LogP contribution in [0.1, 0.15) is 48.5 Å². The van der Waals surface area contributed by atoms with Crippen molar-refractivity contribution in [3.63, 3.8) is 0 Å². The van der Waals surface area contributed by atoms with Crippen molar-refractivity contribution in [1.29, 1.82) is 0 Å². The van der Waals surface area contributed by atoms with E-state index >= 15 is 0 Å². The Labute approximate surface area is 188 Å². The molecule has 2 aromatic rings. The zero-order chi connectivity index (χ0) is 22.7. The maximum atomic E-state index is 14.8. The second-order valence-corrected chi connectivity index (χ2v) is 8.59. The lowest BCUT2D eigenvalue weighted by Gasteiger charge is -2.31. The topological polar surface area (TPSA) is 64.1 Å². The minimum Gasteiger partial charge on any atom is -0.508 e. The van der Waals surface area contributed by atoms with E-state index in [0.29, 0.717) is 31.7 Å². The third-order valence-electron chi connectivity index (χ3n) is 6.50. The zero-order valence-corrected chi connectivity index (χ0v) is 18.5. The Morgan fingerprint density at radius 1 is 1.16 bits per heavy atom. The Hall–Kier alpha value is -2.93. The van der Waals surface area contributed by atoms with E-state index in [1.165, 1.54) is 12.1 Å². The van der Waals surface area contributed by atoms with E-state index in [9.17, 15) is 19.1 Å². The molecule has 0 saturated carbocycles. The Balaban J connectivity index is 1.62. The van der Waals surface area contributed by atoms with Gasteiger partial charge in [0, 0.05) is 37.8 Å². The quantitative estimate of drug-likeness (QED) is 0.713. The molecule has 170 valence electrons. The zero-order valence-electron chi connectivity index (χ0n) is 18.5. The molecule has 0 spiro atoms. The summed E-state index contributed by atoms with van der Waals surface area (Å²) in [5, 5.41) is 9.60. The highest BCUT2D eigenvalue weighted by atomic mass is 19.1. The van der Waals surface area contributed by atoms with Gasteiger partial charge in [0.25, 0.3) is 5.91 Å². The van der Waals surface area contributed by atoms with Gasteiger partial charge in [0.05, 0.1) is 5.56 Å². The Morgan fingerprint density at radius 2 is 1.94 bits per heavy atom. The third kappa shape index (κ3) is 4.78. The highest BCUT2D eigenvalue weighted by molar-refractivity contribution is 5.99. The van der Waals surface area contributed by atoms with Crippen LogP contribution in [0.2, 0.25) is 0 Å². The van der Waals surface area contributed by atoms with Gasteiger partial charge in [-0.1, -0.05) is 19.1 Å². The number of nitrogens with zero attached hydrogens (tertiary/aromatic N) is 3. The first kappa shape index (κ1) is 22.3. The molecular weight excluding hydrogens is 409 g/mol. The molecule has 2 saturated heterocycles. The number of benzene rings is 2. The largest absolute Gasteiger partial charge is 0.508 e. The molecule has 0 radical (unpaired) electrons. The molecule has 4 rings (SSSR count). The average molecular weight is 440 g/mol. The van der Waals surface area contributed by atoms with Crippen molar-refractivity contribution in [2.24, 2.45) is 0 Å². The summed E-state index contributed by atoms with van der Waals surface area (Å²) in [4.78, 5) is 31.4. The molecule has 2 aliphatic heterocycles. The van der Waals surface area contributed by atoms with Gasteiger partial charge < -0.3 is 14.9 Å². The summed E-state index contributed by atoms with van der Waals surface area (Å²) in [7, 11) is 0. The minimum atomic E-state index is -0.583. The summed E-state index contributed by atoms with van der Waals surface area (Å²) in [5.41, 5.74) is 1.42. The van der Waals surface area contributed by atoms with Crippen LogP contribution in [0.3, 0.4) is 0 Å². The normalized spacial score (nSPS) is 19.0. The van der Waals surface area contributed by atoms with E-state index in [2.05, 4.69) is 11.8 Å². The molecule has 2 amide bonds. The molecular formula is C25H30FN3O3. The molecule has 0 aromatic heterocycles. The van der Waals surface area contributed by atoms with Crippen LogP contribution in [-0.2, 0) is 11.3 Å². The number of carbonyl (C=O) groups is 2. The minimum absolute atomic E-state index is 0.000463. The number of rotatable bonds is 7. The number of likely N-dealkylation sites (tertiary alicyclic amines) is 1. The second-order valence-electron chi connectivity index (χ2n) is 8.59. The number of aromatic hydroxyl groups is 1. The van der Waals surface area contributed by atoms with E-state index in [1.807, 2.05) is 0 Å². The van der Waals surface area contributed by atoms with Gasteiger partial charge in [0.1, 0.15) is 11.6 Å². The molecule has 32 heavy (non-hydrogen) atoms. The van der Waals surface area contributed by atoms with Crippen LogP contribution in [0.4, 0.5) is 10.1 Å². The van der Waals surface area contributed by atoms with Crippen LogP contribution in [-0.4, -0.2) is 58.9 Å². The highest BCUT2D eigenvalue weighted by Crippen LogP contribution is 2.26. The van der Waals surface area contributed by atoms with Crippen molar-refractivity contribution in [2.45, 2.75) is 45.2 Å². The molecule has 7 heteroatoms. The van der Waals surface area contributed by atoms with Gasteiger partial charge in [0.2, 0.25) is 5.91 Å². The Kier molecular flexibility index (Phi) is 6.74. The van der Waals surface area contributed by atoms with Gasteiger partial charge in [-0.3, -0.25) is 14.5 Å². The first-order chi connectivity index (χ1) is 15.5. The van der Waals surface area contributed by atoms with E-state index in [-0.39, 0.29) is 29.2 Å². The van der Waals surface area contributed by atoms with Crippen LogP contribution in [0.15, 0.2) is 42.5 Å². The van der Waals surface area contributed by atoms with Crippen molar-refractivity contribution in [3.8, 4) is 5.75 Å². The number of anilines is 1. The first-order valence-corrected chi connectivity index (χ1v) is 11.4. The highest BCUT2D eigenvalue weighted by Gasteiger charge is 2.30. The molecule has 0 unspecified atom stereocenters. The molecule has 2 heterocycles. The van der Waals surface area contributed by atoms with Gasteiger partial charge in [-0.05, 0) is 68.2 Å². The third-order valence-corrected chi connectivity index (χ3v) is 6.50. The summed E-state index contributed by atoms with van der Waals surface area (Å²) in [6.45, 7) is 5.43. The summed E-state index contributed by atoms with van der Waals surface area (Å²) >= 11 is 0. The smallest absolute Gasteiger partial charge is 0.257 e. The average Bonchev–Trinajstić information content (AvgIpc) is 3.43. The first-order valence-electron chi connectivity index (χ1n) is 11.4. The van der Waals surface area contributed by atoms with Crippen molar-refractivity contribution >= 4 is 17.5 Å². The van der Waals surface area contributed by atoms with Crippen LogP contribution < -0.4 is 4.90 Å². The van der Waals surface area contributed by atoms with Gasteiger partial charge in [-0.15, -0.1) is 0 Å². The van der Waals surface area contributed by atoms with E-state index in [0.717, 1.165) is 37.9 Å². The maximum Gasteiger partial charge on any atom is 0.257 e. The van der Waals surface area contributed by atoms with Crippen molar-refractivity contribution < 1.29 is 19.1 Å². The van der Waals surface area contributed by atoms with E-state index in [1.54, 1.807) is 40.1 Å². The molecule has 2 fully saturated rings. The number of phenolic OH excluding ortho intramolecular Hbond substituents is 1. The molecule has 6 nitrogen and oxygen atoms in total. The number of hydrogen-bond acceptors (Lipinski definition) is 4. The Morgan fingerprint density at radius 3 is 2.62 bits per heavy atom. The predicted molar refractivity (Wildman–Crippen MR) is 121 cm³/mol. The standard InChI is InChI=1S/C25H30FN3O3/c1-2-27-13-3-5-20(27)17-28(16-18-7-10-21(30)11-8-18)25(32)22-15-19(9-12-23(22)26)29-14-4-6-24(29)31/h7-12,15,20,30H,2-6,13-14,16-17H2,1H3/t20-/m0/s1. The summed E-state index contributed by atoms with van der Waals surface area (Å²) in [6, 6.07) is 11.3. The fraction of sp³-hybridized carbons (Fsp3) is 0.440. The van der Waals surface area contributed by atoms with Gasteiger partial charge in [-0.25, -0.2) is 4.39 Å². The number of hydrogen-bond donors (Lipinski definition) is 1. The number of likely N-dealkylation sites (N-methyl/N-ethyl adjacent to an activating group) is 1. The molecule has 2 aromatic carbocycles. The van der Waals surface area contributed by atoms with Crippen molar-refractivity contribution in [1.82, 2.24) is 9.80 Å². The maximum absolute atomic E-state index is 14.8. The summed E-state index contributed by atoms with van der Waals surface area (Å²) in [6.07, 6.45) is 3.32. The summed E-state index contributed by atoms with van der Waals surface area (Å²) < 4.78 is 14.8. The second kappa shape index (κ2) is 9.69. The van der Waals surface area contributed by atoms with Gasteiger partial charge in [0.15, 0.2) is 0 Å². The lowest BCUT2D eigenvalue weighted by Crippen LogP contribution is -2.43. The Bertz CT molecular complexity index is 979. The molecule has 0 aliphatic carbocycles. The molecule has 1 atom stereocenters. The predicted octanol–water partition coefficient (Wildman–Crippen LogP) is 3.78. The van der Waals surface area contributed by atoms with Crippen LogP contribution in [0.5, 0.6) is 5.75 Å². The lowest BCUT2D eigenvalue weighted by atomic mass is 10.1. The fourth-order valence-corrected chi connectivity index (χ4v) is 4.75. The summed E-state index contributed by atoms with van der Waals surface area (Å²) in [5.74, 6) is -0.805. The number of carbonyl (C=O) groups excluding carboxylic acids is 2. The monoisotopic (exact) mass is 439 g/mol. The fourth-order valence-electron chi connectivity index (χ4n) is 4.75. The van der Waals surface area contributed by atoms with E-state index in [4.69, 9.17) is 0 Å². The number of halogens is 1. The van der Waals surface area contributed by atoms with Gasteiger partial charge >= 0.3 is 0 Å². The van der Waals surface area contributed by atoms with Crippen LogP contribution in [0.25, 0.3) is 0 Å². The number of amides is 2. The molecule has 0 bridgehead atoms. The van der Waals surface area contributed by atoms with Crippen LogP contribution >= 0.6 is 0 Å². The van der Waals surface area contributed by atoms with E-state index < -0.39 is 5.82 Å². The number of phenols is 1. The SMILES string of the molecule is CCN1CCC[C@H]1CN(Cc1ccc(O)cc1)C(=O)c1cc(N2CCCC2=O)ccc1F. The van der Waals surface area contributed by atoms with Crippen LogP contribution in [0, 0.1) is 5.82 Å².